The SMILES string of the molecule is CCc1ccccc1NC(=O)CC(C)=NNC(=O)c1ccc(O)cc1. The summed E-state index contributed by atoms with van der Waals surface area (Å²) in [5, 5.41) is 16.0. The largest absolute Gasteiger partial charge is 0.508 e. The van der Waals surface area contributed by atoms with Crippen molar-refractivity contribution in [1.29, 1.82) is 0 Å². The molecule has 130 valence electrons. The van der Waals surface area contributed by atoms with Crippen molar-refractivity contribution in [2.45, 2.75) is 26.7 Å². The highest BCUT2D eigenvalue weighted by Crippen LogP contribution is 2.15. The van der Waals surface area contributed by atoms with Gasteiger partial charge in [-0.3, -0.25) is 9.59 Å². The Morgan fingerprint density at radius 1 is 1.08 bits per heavy atom. The van der Waals surface area contributed by atoms with Gasteiger partial charge in [0.05, 0.1) is 6.42 Å². The molecule has 25 heavy (non-hydrogen) atoms. The predicted octanol–water partition coefficient (Wildman–Crippen LogP) is 3.09. The Morgan fingerprint density at radius 3 is 2.44 bits per heavy atom. The van der Waals surface area contributed by atoms with E-state index in [2.05, 4.69) is 15.8 Å². The van der Waals surface area contributed by atoms with E-state index in [0.29, 0.717) is 11.3 Å². The van der Waals surface area contributed by atoms with E-state index in [1.165, 1.54) is 24.3 Å². The number of para-hydroxylation sites is 1. The molecule has 3 N–H and O–H groups in total. The van der Waals surface area contributed by atoms with Crippen LogP contribution in [0.1, 0.15) is 36.2 Å². The summed E-state index contributed by atoms with van der Waals surface area (Å²) >= 11 is 0. The minimum absolute atomic E-state index is 0.0773. The molecule has 2 amide bonds. The van der Waals surface area contributed by atoms with Crippen LogP contribution in [0.3, 0.4) is 0 Å². The minimum atomic E-state index is -0.406. The molecule has 0 fully saturated rings. The molecule has 0 aliphatic carbocycles. The fourth-order valence-corrected chi connectivity index (χ4v) is 2.24. The van der Waals surface area contributed by atoms with E-state index in [0.717, 1.165) is 17.7 Å². The average Bonchev–Trinajstić information content (AvgIpc) is 2.60. The molecule has 0 radical (unpaired) electrons. The third kappa shape index (κ3) is 5.46. The maximum absolute atomic E-state index is 12.1. The number of phenolic OH excluding ortho intramolecular Hbond substituents is 1. The lowest BCUT2D eigenvalue weighted by Crippen LogP contribution is -2.21. The molecule has 0 unspecified atom stereocenters. The summed E-state index contributed by atoms with van der Waals surface area (Å²) in [5.41, 5.74) is 5.10. The van der Waals surface area contributed by atoms with Crippen molar-refractivity contribution in [3.05, 3.63) is 59.7 Å². The van der Waals surface area contributed by atoms with Gasteiger partial charge in [-0.15, -0.1) is 0 Å². The Kier molecular flexibility index (Phi) is 6.28. The summed E-state index contributed by atoms with van der Waals surface area (Å²) in [6.45, 7) is 3.69. The smallest absolute Gasteiger partial charge is 0.271 e. The molecule has 2 aromatic carbocycles. The monoisotopic (exact) mass is 339 g/mol. The number of nitrogens with one attached hydrogen (secondary N) is 2. The molecule has 0 bridgehead atoms. The number of anilines is 1. The number of amides is 2. The van der Waals surface area contributed by atoms with E-state index in [-0.39, 0.29) is 18.1 Å². The number of hydrogen-bond donors (Lipinski definition) is 3. The van der Waals surface area contributed by atoms with Gasteiger partial charge < -0.3 is 10.4 Å². The van der Waals surface area contributed by atoms with Crippen molar-refractivity contribution in [1.82, 2.24) is 5.43 Å². The van der Waals surface area contributed by atoms with Crippen molar-refractivity contribution in [3.63, 3.8) is 0 Å². The molecule has 6 nitrogen and oxygen atoms in total. The van der Waals surface area contributed by atoms with Gasteiger partial charge in [0.2, 0.25) is 5.91 Å². The Hall–Kier alpha value is -3.15. The number of hydrazone groups is 1. The van der Waals surface area contributed by atoms with Crippen molar-refractivity contribution in [3.8, 4) is 5.75 Å². The van der Waals surface area contributed by atoms with E-state index < -0.39 is 5.91 Å². The Morgan fingerprint density at radius 2 is 1.76 bits per heavy atom. The topological polar surface area (TPSA) is 90.8 Å². The number of phenols is 1. The maximum atomic E-state index is 12.1. The fraction of sp³-hybridized carbons (Fsp3) is 0.211. The molecular weight excluding hydrogens is 318 g/mol. The van der Waals surface area contributed by atoms with Crippen molar-refractivity contribution in [2.75, 3.05) is 5.32 Å². The van der Waals surface area contributed by atoms with E-state index in [4.69, 9.17) is 0 Å². The number of benzene rings is 2. The summed E-state index contributed by atoms with van der Waals surface area (Å²) in [5.74, 6) is -0.516. The van der Waals surface area contributed by atoms with Crippen LogP contribution in [0.2, 0.25) is 0 Å². The van der Waals surface area contributed by atoms with Crippen LogP contribution in [0, 0.1) is 0 Å². The van der Waals surface area contributed by atoms with Crippen LogP contribution in [0.25, 0.3) is 0 Å². The fourth-order valence-electron chi connectivity index (χ4n) is 2.24. The van der Waals surface area contributed by atoms with Crippen LogP contribution < -0.4 is 10.7 Å². The first-order valence-electron chi connectivity index (χ1n) is 8.00. The van der Waals surface area contributed by atoms with Crippen LogP contribution in [0.4, 0.5) is 5.69 Å². The van der Waals surface area contributed by atoms with Gasteiger partial charge in [0.25, 0.3) is 5.91 Å². The normalized spacial score (nSPS) is 11.0. The van der Waals surface area contributed by atoms with E-state index in [1.54, 1.807) is 6.92 Å². The predicted molar refractivity (Wildman–Crippen MR) is 97.7 cm³/mol. The zero-order chi connectivity index (χ0) is 18.2. The summed E-state index contributed by atoms with van der Waals surface area (Å²) in [7, 11) is 0. The van der Waals surface area contributed by atoms with Gasteiger partial charge in [0, 0.05) is 17.0 Å². The Bertz CT molecular complexity index is 783. The third-order valence-corrected chi connectivity index (χ3v) is 3.57. The second-order valence-electron chi connectivity index (χ2n) is 5.57. The molecule has 0 aromatic heterocycles. The van der Waals surface area contributed by atoms with Crippen LogP contribution in [-0.4, -0.2) is 22.6 Å². The standard InChI is InChI=1S/C19H21N3O3/c1-3-14-6-4-5-7-17(14)20-18(24)12-13(2)21-22-19(25)15-8-10-16(23)11-9-15/h4-11,23H,3,12H2,1-2H3,(H,20,24)(H,22,25). The van der Waals surface area contributed by atoms with Gasteiger partial charge in [-0.2, -0.15) is 5.10 Å². The highest BCUT2D eigenvalue weighted by Gasteiger charge is 2.08. The summed E-state index contributed by atoms with van der Waals surface area (Å²) in [6.07, 6.45) is 0.903. The molecule has 0 aliphatic rings. The summed E-state index contributed by atoms with van der Waals surface area (Å²) < 4.78 is 0. The number of carbonyl (C=O) groups excluding carboxylic acids is 2. The summed E-state index contributed by atoms with van der Waals surface area (Å²) in [6, 6.07) is 13.4. The van der Waals surface area contributed by atoms with E-state index in [9.17, 15) is 14.7 Å². The number of carbonyl (C=O) groups is 2. The van der Waals surface area contributed by atoms with Gasteiger partial charge in [0.15, 0.2) is 0 Å². The molecule has 6 heteroatoms. The number of aromatic hydroxyl groups is 1. The lowest BCUT2D eigenvalue weighted by atomic mass is 10.1. The maximum Gasteiger partial charge on any atom is 0.271 e. The van der Waals surface area contributed by atoms with E-state index >= 15 is 0 Å². The van der Waals surface area contributed by atoms with Gasteiger partial charge in [-0.1, -0.05) is 25.1 Å². The van der Waals surface area contributed by atoms with Gasteiger partial charge in [-0.05, 0) is 49.2 Å². The third-order valence-electron chi connectivity index (χ3n) is 3.57. The number of hydrogen-bond acceptors (Lipinski definition) is 4. The quantitative estimate of drug-likeness (QED) is 0.558. The highest BCUT2D eigenvalue weighted by molar-refractivity contribution is 6.06. The molecule has 0 atom stereocenters. The molecule has 0 spiro atoms. The second-order valence-corrected chi connectivity index (χ2v) is 5.57. The minimum Gasteiger partial charge on any atom is -0.508 e. The lowest BCUT2D eigenvalue weighted by molar-refractivity contribution is -0.115. The average molecular weight is 339 g/mol. The molecule has 2 rings (SSSR count). The highest BCUT2D eigenvalue weighted by atomic mass is 16.3. The van der Waals surface area contributed by atoms with Crippen molar-refractivity contribution < 1.29 is 14.7 Å². The molecular formula is C19H21N3O3. The lowest BCUT2D eigenvalue weighted by Gasteiger charge is -2.09. The first-order valence-corrected chi connectivity index (χ1v) is 8.00. The number of aryl methyl sites for hydroxylation is 1. The Labute approximate surface area is 146 Å². The van der Waals surface area contributed by atoms with Crippen molar-refractivity contribution in [2.24, 2.45) is 5.10 Å². The van der Waals surface area contributed by atoms with Crippen LogP contribution in [-0.2, 0) is 11.2 Å². The second kappa shape index (κ2) is 8.63. The Balaban J connectivity index is 1.90. The zero-order valence-electron chi connectivity index (χ0n) is 14.2. The number of rotatable bonds is 6. The van der Waals surface area contributed by atoms with Gasteiger partial charge in [0.1, 0.15) is 5.75 Å². The zero-order valence-corrected chi connectivity index (χ0v) is 14.2. The van der Waals surface area contributed by atoms with Crippen LogP contribution >= 0.6 is 0 Å². The molecule has 2 aromatic rings. The summed E-state index contributed by atoms with van der Waals surface area (Å²) in [4.78, 5) is 24.0. The molecule has 0 heterocycles. The van der Waals surface area contributed by atoms with E-state index in [1.807, 2.05) is 31.2 Å². The molecule has 0 saturated carbocycles. The number of nitrogens with zero attached hydrogens (tertiary/aromatic N) is 1. The first kappa shape index (κ1) is 18.2. The van der Waals surface area contributed by atoms with Crippen molar-refractivity contribution >= 4 is 23.2 Å². The van der Waals surface area contributed by atoms with Gasteiger partial charge >= 0.3 is 0 Å². The van der Waals surface area contributed by atoms with Crippen LogP contribution in [0.15, 0.2) is 53.6 Å². The van der Waals surface area contributed by atoms with Crippen LogP contribution in [0.5, 0.6) is 5.75 Å². The molecule has 0 aliphatic heterocycles. The first-order chi connectivity index (χ1) is 12.0. The molecule has 0 saturated heterocycles. The van der Waals surface area contributed by atoms with Gasteiger partial charge in [-0.25, -0.2) is 5.43 Å².